The molecule has 2 heterocycles. The number of nitrogens with one attached hydrogen (secondary N) is 1. The Labute approximate surface area is 142 Å². The largest absolute Gasteiger partial charge is 0.497 e. The number of ether oxygens (including phenoxy) is 1. The molecule has 1 fully saturated rings. The molecule has 1 N–H and O–H groups in total. The third kappa shape index (κ3) is 3.76. The maximum absolute atomic E-state index is 12.7. The molecular formula is C18H24N4O2. The second kappa shape index (κ2) is 7.05. The van der Waals surface area contributed by atoms with Gasteiger partial charge in [-0.05, 0) is 31.5 Å². The number of aromatic nitrogens is 2. The summed E-state index contributed by atoms with van der Waals surface area (Å²) >= 11 is 0. The van der Waals surface area contributed by atoms with E-state index >= 15 is 0 Å². The molecule has 0 aliphatic carbocycles. The smallest absolute Gasteiger partial charge is 0.257 e. The SMILES string of the molecule is COc1ccc(Cn2cc(C(=O)N3CC(C)NC(C)C3)cn2)cc1. The molecule has 1 amide bonds. The van der Waals surface area contributed by atoms with E-state index in [9.17, 15) is 4.79 Å². The molecule has 6 heteroatoms. The second-order valence-electron chi connectivity index (χ2n) is 6.45. The van der Waals surface area contributed by atoms with Crippen molar-refractivity contribution in [1.29, 1.82) is 0 Å². The van der Waals surface area contributed by atoms with Crippen LogP contribution < -0.4 is 10.1 Å². The van der Waals surface area contributed by atoms with Gasteiger partial charge in [-0.25, -0.2) is 0 Å². The van der Waals surface area contributed by atoms with Gasteiger partial charge in [0, 0.05) is 31.4 Å². The van der Waals surface area contributed by atoms with Crippen LogP contribution in [0.5, 0.6) is 5.75 Å². The number of carbonyl (C=O) groups excluding carboxylic acids is 1. The van der Waals surface area contributed by atoms with E-state index in [-0.39, 0.29) is 5.91 Å². The molecule has 2 unspecified atom stereocenters. The first kappa shape index (κ1) is 16.5. The fourth-order valence-corrected chi connectivity index (χ4v) is 3.15. The molecule has 0 bridgehead atoms. The Morgan fingerprint density at radius 3 is 2.54 bits per heavy atom. The maximum Gasteiger partial charge on any atom is 0.257 e. The number of benzene rings is 1. The van der Waals surface area contributed by atoms with Crippen molar-refractivity contribution in [2.45, 2.75) is 32.5 Å². The summed E-state index contributed by atoms with van der Waals surface area (Å²) in [4.78, 5) is 14.6. The van der Waals surface area contributed by atoms with Crippen molar-refractivity contribution in [2.75, 3.05) is 20.2 Å². The number of piperazine rings is 1. The average Bonchev–Trinajstić information content (AvgIpc) is 3.02. The summed E-state index contributed by atoms with van der Waals surface area (Å²) in [6.45, 7) is 6.29. The van der Waals surface area contributed by atoms with Crippen LogP contribution in [-0.2, 0) is 6.54 Å². The highest BCUT2D eigenvalue weighted by molar-refractivity contribution is 5.93. The van der Waals surface area contributed by atoms with Crippen LogP contribution in [-0.4, -0.2) is 52.9 Å². The summed E-state index contributed by atoms with van der Waals surface area (Å²) in [6, 6.07) is 8.48. The molecule has 24 heavy (non-hydrogen) atoms. The number of hydrogen-bond donors (Lipinski definition) is 1. The zero-order valence-electron chi connectivity index (χ0n) is 14.4. The number of nitrogens with zero attached hydrogens (tertiary/aromatic N) is 3. The van der Waals surface area contributed by atoms with Gasteiger partial charge in [-0.15, -0.1) is 0 Å². The standard InChI is InChI=1S/C18H24N4O2/c1-13-9-21(10-14(2)20-13)18(23)16-8-19-22(12-16)11-15-4-6-17(24-3)7-5-15/h4-8,12-14,20H,9-11H2,1-3H3. The molecule has 3 rings (SSSR count). The van der Waals surface area contributed by atoms with Crippen LogP contribution in [0, 0.1) is 0 Å². The van der Waals surface area contributed by atoms with Gasteiger partial charge in [0.15, 0.2) is 0 Å². The molecule has 2 atom stereocenters. The first-order chi connectivity index (χ1) is 11.5. The van der Waals surface area contributed by atoms with Gasteiger partial charge in [-0.1, -0.05) is 12.1 Å². The second-order valence-corrected chi connectivity index (χ2v) is 6.45. The van der Waals surface area contributed by atoms with Gasteiger partial charge in [0.25, 0.3) is 5.91 Å². The quantitative estimate of drug-likeness (QED) is 0.929. The van der Waals surface area contributed by atoms with Gasteiger partial charge in [0.05, 0.1) is 25.4 Å². The molecule has 1 saturated heterocycles. The van der Waals surface area contributed by atoms with E-state index in [0.29, 0.717) is 24.2 Å². The van der Waals surface area contributed by atoms with Crippen LogP contribution in [0.1, 0.15) is 29.8 Å². The summed E-state index contributed by atoms with van der Waals surface area (Å²) in [5, 5.41) is 7.77. The molecule has 6 nitrogen and oxygen atoms in total. The Bertz CT molecular complexity index is 685. The van der Waals surface area contributed by atoms with E-state index in [1.807, 2.05) is 35.4 Å². The van der Waals surface area contributed by atoms with Gasteiger partial charge >= 0.3 is 0 Å². The van der Waals surface area contributed by atoms with Crippen molar-refractivity contribution in [3.63, 3.8) is 0 Å². The van der Waals surface area contributed by atoms with Crippen LogP contribution in [0.3, 0.4) is 0 Å². The molecule has 0 radical (unpaired) electrons. The lowest BCUT2D eigenvalue weighted by Gasteiger charge is -2.35. The Morgan fingerprint density at radius 2 is 1.92 bits per heavy atom. The fraction of sp³-hybridized carbons (Fsp3) is 0.444. The van der Waals surface area contributed by atoms with Gasteiger partial charge in [0.1, 0.15) is 5.75 Å². The highest BCUT2D eigenvalue weighted by Crippen LogP contribution is 2.14. The van der Waals surface area contributed by atoms with E-state index in [1.54, 1.807) is 18.0 Å². The molecule has 1 aliphatic heterocycles. The van der Waals surface area contributed by atoms with Crippen LogP contribution in [0.4, 0.5) is 0 Å². The summed E-state index contributed by atoms with van der Waals surface area (Å²) in [5.74, 6) is 0.883. The lowest BCUT2D eigenvalue weighted by molar-refractivity contribution is 0.0673. The lowest BCUT2D eigenvalue weighted by Crippen LogP contribution is -2.55. The molecule has 0 spiro atoms. The minimum atomic E-state index is 0.0520. The van der Waals surface area contributed by atoms with E-state index in [2.05, 4.69) is 24.3 Å². The molecule has 2 aromatic rings. The first-order valence-electron chi connectivity index (χ1n) is 8.26. The van der Waals surface area contributed by atoms with Gasteiger partial charge in [0.2, 0.25) is 0 Å². The van der Waals surface area contributed by atoms with E-state index in [1.165, 1.54) is 0 Å². The summed E-state index contributed by atoms with van der Waals surface area (Å²) < 4.78 is 6.96. The molecule has 1 aromatic heterocycles. The van der Waals surface area contributed by atoms with Gasteiger partial charge in [-0.3, -0.25) is 9.48 Å². The topological polar surface area (TPSA) is 59.4 Å². The van der Waals surface area contributed by atoms with Crippen molar-refractivity contribution < 1.29 is 9.53 Å². The summed E-state index contributed by atoms with van der Waals surface area (Å²) in [5.41, 5.74) is 1.76. The molecule has 1 aliphatic rings. The summed E-state index contributed by atoms with van der Waals surface area (Å²) in [7, 11) is 1.65. The monoisotopic (exact) mass is 328 g/mol. The fourth-order valence-electron chi connectivity index (χ4n) is 3.15. The Kier molecular flexibility index (Phi) is 4.85. The zero-order chi connectivity index (χ0) is 17.1. The number of carbonyl (C=O) groups is 1. The van der Waals surface area contributed by atoms with E-state index < -0.39 is 0 Å². The van der Waals surface area contributed by atoms with E-state index in [0.717, 1.165) is 24.4 Å². The third-order valence-electron chi connectivity index (χ3n) is 4.23. The third-order valence-corrected chi connectivity index (χ3v) is 4.23. The average molecular weight is 328 g/mol. The highest BCUT2D eigenvalue weighted by Gasteiger charge is 2.26. The van der Waals surface area contributed by atoms with Crippen LogP contribution >= 0.6 is 0 Å². The number of rotatable bonds is 4. The summed E-state index contributed by atoms with van der Waals surface area (Å²) in [6.07, 6.45) is 3.48. The molecule has 0 saturated carbocycles. The van der Waals surface area contributed by atoms with Crippen molar-refractivity contribution >= 4 is 5.91 Å². The van der Waals surface area contributed by atoms with Crippen LogP contribution in [0.2, 0.25) is 0 Å². The predicted octanol–water partition coefficient (Wildman–Crippen LogP) is 1.76. The number of hydrogen-bond acceptors (Lipinski definition) is 4. The van der Waals surface area contributed by atoms with Gasteiger partial charge < -0.3 is 15.0 Å². The molecule has 1 aromatic carbocycles. The predicted molar refractivity (Wildman–Crippen MR) is 92.3 cm³/mol. The van der Waals surface area contributed by atoms with Crippen LogP contribution in [0.25, 0.3) is 0 Å². The van der Waals surface area contributed by atoms with Crippen molar-refractivity contribution in [1.82, 2.24) is 20.0 Å². The Hall–Kier alpha value is -2.34. The van der Waals surface area contributed by atoms with Gasteiger partial charge in [-0.2, -0.15) is 5.10 Å². The molecular weight excluding hydrogens is 304 g/mol. The lowest BCUT2D eigenvalue weighted by atomic mass is 10.1. The zero-order valence-corrected chi connectivity index (χ0v) is 14.4. The normalized spacial score (nSPS) is 20.9. The maximum atomic E-state index is 12.7. The first-order valence-corrected chi connectivity index (χ1v) is 8.26. The minimum Gasteiger partial charge on any atom is -0.497 e. The Morgan fingerprint density at radius 1 is 1.25 bits per heavy atom. The van der Waals surface area contributed by atoms with Crippen molar-refractivity contribution in [3.8, 4) is 5.75 Å². The van der Waals surface area contributed by atoms with Crippen molar-refractivity contribution in [2.24, 2.45) is 0 Å². The number of amides is 1. The number of methoxy groups -OCH3 is 1. The van der Waals surface area contributed by atoms with E-state index in [4.69, 9.17) is 4.74 Å². The Balaban J connectivity index is 1.67. The van der Waals surface area contributed by atoms with Crippen LogP contribution in [0.15, 0.2) is 36.7 Å². The minimum absolute atomic E-state index is 0.0520. The van der Waals surface area contributed by atoms with Crippen molar-refractivity contribution in [3.05, 3.63) is 47.8 Å². The highest BCUT2D eigenvalue weighted by atomic mass is 16.5. The molecule has 128 valence electrons.